The molecule has 4 saturated carbocycles. The maximum Gasteiger partial charge on any atom is 0.335 e. The Hall–Kier alpha value is -1.31. The number of hydrogen-bond acceptors (Lipinski definition) is 4. The molecule has 4 rings (SSSR count). The molecule has 0 aromatic rings. The van der Waals surface area contributed by atoms with Crippen LogP contribution < -0.4 is 0 Å². The largest absolute Gasteiger partial charge is 0.460 e. The topological polar surface area (TPSA) is 55.8 Å². The normalized spacial score (nSPS) is 39.0. The van der Waals surface area contributed by atoms with Crippen molar-refractivity contribution in [1.82, 2.24) is 0 Å². The molecule has 0 aromatic carbocycles. The third kappa shape index (κ3) is 5.90. The number of carbonyl (C=O) groups is 1. The minimum atomic E-state index is -0.534. The number of aliphatic hydroxyl groups excluding tert-OH is 1. The van der Waals surface area contributed by atoms with Crippen LogP contribution >= 0.6 is 0 Å². The monoisotopic (exact) mass is 526 g/mol. The molecule has 0 aromatic heterocycles. The van der Waals surface area contributed by atoms with Crippen molar-refractivity contribution < 1.29 is 19.4 Å². The lowest BCUT2D eigenvalue weighted by atomic mass is 9.44. The van der Waals surface area contributed by atoms with Crippen LogP contribution in [0.5, 0.6) is 0 Å². The highest BCUT2D eigenvalue weighted by Crippen LogP contribution is 2.68. The van der Waals surface area contributed by atoms with Crippen molar-refractivity contribution in [3.05, 3.63) is 12.2 Å². The molecule has 0 amide bonds. The van der Waals surface area contributed by atoms with E-state index in [0.29, 0.717) is 29.3 Å². The summed E-state index contributed by atoms with van der Waals surface area (Å²) in [5.41, 5.74) is 0.947. The number of aliphatic hydroxyl groups is 1. The maximum absolute atomic E-state index is 11.7. The third-order valence-electron chi connectivity index (χ3n) is 11.8. The first kappa shape index (κ1) is 29.7. The molecule has 0 aliphatic heterocycles. The fraction of sp³-hybridized carbons (Fsp3) is 0.853. The van der Waals surface area contributed by atoms with Crippen molar-refractivity contribution in [3.63, 3.8) is 0 Å². The molecule has 0 radical (unpaired) electrons. The molecule has 214 valence electrons. The summed E-state index contributed by atoms with van der Waals surface area (Å²) < 4.78 is 11.3. The SMILES string of the molecule is C#C[C@H](CCCC(C)C)[C@H]1CC[C@H]2C3CCC4C[C@@H](OCCOC(=O)C(=C)CO)CC[C@]4(C)C3CC[C@]12C. The Morgan fingerprint density at radius 2 is 1.76 bits per heavy atom. The fourth-order valence-corrected chi connectivity index (χ4v) is 9.73. The molecular weight excluding hydrogens is 472 g/mol. The molecule has 4 heteroatoms. The second-order valence-corrected chi connectivity index (χ2v) is 14.1. The number of ether oxygens (including phenoxy) is 2. The number of carbonyl (C=O) groups excluding carboxylic acids is 1. The zero-order chi connectivity index (χ0) is 27.5. The van der Waals surface area contributed by atoms with Crippen molar-refractivity contribution in [1.29, 1.82) is 0 Å². The summed E-state index contributed by atoms with van der Waals surface area (Å²) in [6.07, 6.45) is 21.9. The quantitative estimate of drug-likeness (QED) is 0.134. The fourth-order valence-electron chi connectivity index (χ4n) is 9.73. The van der Waals surface area contributed by atoms with E-state index in [2.05, 4.69) is 40.2 Å². The van der Waals surface area contributed by atoms with E-state index in [1.54, 1.807) is 0 Å². The van der Waals surface area contributed by atoms with Crippen molar-refractivity contribution in [2.24, 2.45) is 52.3 Å². The first-order chi connectivity index (χ1) is 18.1. The van der Waals surface area contributed by atoms with Gasteiger partial charge in [-0.2, -0.15) is 0 Å². The Morgan fingerprint density at radius 3 is 2.47 bits per heavy atom. The Balaban J connectivity index is 1.33. The lowest BCUT2D eigenvalue weighted by Gasteiger charge is -2.61. The second-order valence-electron chi connectivity index (χ2n) is 14.1. The highest BCUT2D eigenvalue weighted by atomic mass is 16.6. The summed E-state index contributed by atoms with van der Waals surface area (Å²) in [5.74, 6) is 7.98. The van der Waals surface area contributed by atoms with E-state index in [-0.39, 0.29) is 24.9 Å². The van der Waals surface area contributed by atoms with Gasteiger partial charge in [-0.1, -0.05) is 47.1 Å². The molecule has 0 saturated heterocycles. The van der Waals surface area contributed by atoms with Gasteiger partial charge in [0.05, 0.1) is 24.9 Å². The lowest BCUT2D eigenvalue weighted by molar-refractivity contribution is -0.147. The summed E-state index contributed by atoms with van der Waals surface area (Å²) >= 11 is 0. The van der Waals surface area contributed by atoms with Crippen LogP contribution in [-0.4, -0.2) is 37.0 Å². The molecule has 4 fully saturated rings. The minimum Gasteiger partial charge on any atom is -0.460 e. The van der Waals surface area contributed by atoms with E-state index in [1.807, 2.05) is 0 Å². The lowest BCUT2D eigenvalue weighted by Crippen LogP contribution is -2.54. The van der Waals surface area contributed by atoms with E-state index in [4.69, 9.17) is 21.0 Å². The number of hydrogen-bond donors (Lipinski definition) is 1. The van der Waals surface area contributed by atoms with Gasteiger partial charge in [0.2, 0.25) is 0 Å². The Labute approximate surface area is 232 Å². The summed E-state index contributed by atoms with van der Waals surface area (Å²) in [4.78, 5) is 11.7. The van der Waals surface area contributed by atoms with Gasteiger partial charge < -0.3 is 14.6 Å². The van der Waals surface area contributed by atoms with Crippen LogP contribution in [0.1, 0.15) is 105 Å². The second kappa shape index (κ2) is 12.5. The number of fused-ring (bicyclic) bond motifs is 5. The van der Waals surface area contributed by atoms with Crippen LogP contribution in [0.15, 0.2) is 12.2 Å². The van der Waals surface area contributed by atoms with Gasteiger partial charge in [0, 0.05) is 5.92 Å². The molecule has 3 unspecified atom stereocenters. The van der Waals surface area contributed by atoms with Gasteiger partial charge in [-0.05, 0) is 111 Å². The van der Waals surface area contributed by atoms with Crippen molar-refractivity contribution >= 4 is 5.97 Å². The Kier molecular flexibility index (Phi) is 9.73. The summed E-state index contributed by atoms with van der Waals surface area (Å²) in [6.45, 7) is 13.7. The first-order valence-corrected chi connectivity index (χ1v) is 15.7. The molecular formula is C34H54O4. The zero-order valence-corrected chi connectivity index (χ0v) is 24.7. The number of terminal acetylenes is 1. The van der Waals surface area contributed by atoms with Gasteiger partial charge in [-0.3, -0.25) is 0 Å². The van der Waals surface area contributed by atoms with Crippen molar-refractivity contribution in [2.75, 3.05) is 19.8 Å². The Morgan fingerprint density at radius 1 is 1.03 bits per heavy atom. The van der Waals surface area contributed by atoms with E-state index in [9.17, 15) is 4.79 Å². The van der Waals surface area contributed by atoms with Crippen LogP contribution in [0, 0.1) is 64.6 Å². The highest BCUT2D eigenvalue weighted by Gasteiger charge is 2.60. The van der Waals surface area contributed by atoms with Crippen LogP contribution in [0.3, 0.4) is 0 Å². The molecule has 0 bridgehead atoms. The summed E-state index contributed by atoms with van der Waals surface area (Å²) in [5, 5.41) is 9.00. The smallest absolute Gasteiger partial charge is 0.335 e. The van der Waals surface area contributed by atoms with Crippen molar-refractivity contribution in [2.45, 2.75) is 111 Å². The molecule has 9 atom stereocenters. The highest BCUT2D eigenvalue weighted by molar-refractivity contribution is 5.87. The molecule has 4 nitrogen and oxygen atoms in total. The minimum absolute atomic E-state index is 0.0910. The molecule has 0 heterocycles. The number of esters is 1. The summed E-state index contributed by atoms with van der Waals surface area (Å²) in [7, 11) is 0. The zero-order valence-electron chi connectivity index (χ0n) is 24.7. The predicted molar refractivity (Wildman–Crippen MR) is 153 cm³/mol. The van der Waals surface area contributed by atoms with E-state index in [1.165, 1.54) is 64.2 Å². The first-order valence-electron chi connectivity index (χ1n) is 15.7. The van der Waals surface area contributed by atoms with Gasteiger partial charge in [-0.15, -0.1) is 12.3 Å². The van der Waals surface area contributed by atoms with Gasteiger partial charge in [0.1, 0.15) is 6.61 Å². The van der Waals surface area contributed by atoms with Gasteiger partial charge >= 0.3 is 5.97 Å². The number of rotatable bonds is 11. The van der Waals surface area contributed by atoms with Crippen LogP contribution in [0.25, 0.3) is 0 Å². The van der Waals surface area contributed by atoms with E-state index < -0.39 is 5.97 Å². The predicted octanol–water partition coefficient (Wildman–Crippen LogP) is 7.20. The van der Waals surface area contributed by atoms with Crippen molar-refractivity contribution in [3.8, 4) is 12.3 Å². The van der Waals surface area contributed by atoms with Gasteiger partial charge in [0.15, 0.2) is 0 Å². The van der Waals surface area contributed by atoms with Gasteiger partial charge in [-0.25, -0.2) is 4.79 Å². The molecule has 4 aliphatic rings. The standard InChI is InChI=1S/C34H54O4/c1-7-25(10-8-9-23(2)3)29-13-14-30-28-12-11-26-21-27(37-19-20-38-32(36)24(4)22-35)15-17-33(26,5)31(28)16-18-34(29,30)6/h1,23,25-31,35H,4,8-22H2,2-3,5-6H3/t25-,26?,27+,28?,29-,30+,31?,33+,34-/m1/s1. The van der Waals surface area contributed by atoms with Crippen LogP contribution in [0.2, 0.25) is 0 Å². The third-order valence-corrected chi connectivity index (χ3v) is 11.8. The maximum atomic E-state index is 11.7. The van der Waals surface area contributed by atoms with Gasteiger partial charge in [0.25, 0.3) is 0 Å². The molecule has 0 spiro atoms. The molecule has 38 heavy (non-hydrogen) atoms. The average molecular weight is 527 g/mol. The summed E-state index contributed by atoms with van der Waals surface area (Å²) in [6, 6.07) is 0. The van der Waals surface area contributed by atoms with E-state index >= 15 is 0 Å². The molecule has 4 aliphatic carbocycles. The van der Waals surface area contributed by atoms with Crippen LogP contribution in [-0.2, 0) is 14.3 Å². The Bertz CT molecular complexity index is 872. The average Bonchev–Trinajstić information content (AvgIpc) is 3.25. The molecule has 1 N–H and O–H groups in total. The van der Waals surface area contributed by atoms with Crippen LogP contribution in [0.4, 0.5) is 0 Å². The van der Waals surface area contributed by atoms with E-state index in [0.717, 1.165) is 42.4 Å².